The van der Waals surface area contributed by atoms with E-state index in [1.54, 1.807) is 7.11 Å². The maximum Gasteiger partial charge on any atom is 0.290 e. The molecule has 9 heteroatoms. The van der Waals surface area contributed by atoms with Crippen molar-refractivity contribution in [3.63, 3.8) is 0 Å². The van der Waals surface area contributed by atoms with E-state index in [4.69, 9.17) is 14.5 Å². The van der Waals surface area contributed by atoms with Crippen LogP contribution in [0.2, 0.25) is 0 Å². The Kier molecular flexibility index (Phi) is 9.12. The van der Waals surface area contributed by atoms with E-state index in [9.17, 15) is 9.59 Å². The van der Waals surface area contributed by atoms with E-state index >= 15 is 0 Å². The molecule has 0 aliphatic carbocycles. The maximum absolute atomic E-state index is 14.0. The summed E-state index contributed by atoms with van der Waals surface area (Å²) in [7, 11) is 1.71. The summed E-state index contributed by atoms with van der Waals surface area (Å²) in [4.78, 5) is 35.7. The van der Waals surface area contributed by atoms with Crippen LogP contribution in [0.1, 0.15) is 43.2 Å². The maximum atomic E-state index is 14.0. The number of hydrogen-bond acceptors (Lipinski definition) is 6. The minimum atomic E-state index is -0.133. The van der Waals surface area contributed by atoms with Gasteiger partial charge in [-0.15, -0.1) is 0 Å². The van der Waals surface area contributed by atoms with Gasteiger partial charge >= 0.3 is 0 Å². The summed E-state index contributed by atoms with van der Waals surface area (Å²) in [6.07, 6.45) is 3.35. The molecule has 2 fully saturated rings. The average molecular weight is 486 g/mol. The molecule has 192 valence electrons. The van der Waals surface area contributed by atoms with Crippen molar-refractivity contribution in [1.29, 1.82) is 0 Å². The third-order valence-electron chi connectivity index (χ3n) is 6.99. The summed E-state index contributed by atoms with van der Waals surface area (Å²) in [5, 5.41) is 3.43. The lowest BCUT2D eigenvalue weighted by atomic mass is 9.93. The zero-order valence-corrected chi connectivity index (χ0v) is 21.1. The molecule has 9 nitrogen and oxygen atoms in total. The number of nitrogens with one attached hydrogen (secondary N) is 1. The molecule has 0 bridgehead atoms. The SMILES string of the molecule is CCCN(C(=O)c1nc2ccccc2n1CCCCOC)[C@@H]1CNC[C@H](C(=O)N2CCOCC2)C1. The Labute approximate surface area is 207 Å². The second-order valence-electron chi connectivity index (χ2n) is 9.46. The molecular formula is C26H39N5O4. The second-order valence-corrected chi connectivity index (χ2v) is 9.46. The first kappa shape index (κ1) is 25.6. The Hall–Kier alpha value is -2.49. The number of aryl methyl sites for hydroxylation is 1. The summed E-state index contributed by atoms with van der Waals surface area (Å²) in [5.41, 5.74) is 1.81. The van der Waals surface area contributed by atoms with Crippen LogP contribution in [0.25, 0.3) is 11.0 Å². The molecular weight excluding hydrogens is 446 g/mol. The lowest BCUT2D eigenvalue weighted by Gasteiger charge is -2.39. The van der Waals surface area contributed by atoms with Crippen molar-refractivity contribution in [1.82, 2.24) is 24.7 Å². The number of ether oxygens (including phenoxy) is 2. The number of fused-ring (bicyclic) bond motifs is 1. The van der Waals surface area contributed by atoms with Crippen molar-refractivity contribution in [2.75, 3.05) is 59.7 Å². The van der Waals surface area contributed by atoms with E-state index < -0.39 is 0 Å². The Morgan fingerprint density at radius 1 is 1.20 bits per heavy atom. The first-order valence-corrected chi connectivity index (χ1v) is 13.0. The number of carbonyl (C=O) groups is 2. The highest BCUT2D eigenvalue weighted by Crippen LogP contribution is 2.23. The van der Waals surface area contributed by atoms with Gasteiger partial charge in [0.15, 0.2) is 5.82 Å². The minimum Gasteiger partial charge on any atom is -0.385 e. The van der Waals surface area contributed by atoms with Crippen LogP contribution >= 0.6 is 0 Å². The van der Waals surface area contributed by atoms with Gasteiger partial charge in [-0.1, -0.05) is 19.1 Å². The number of methoxy groups -OCH3 is 1. The highest BCUT2D eigenvalue weighted by atomic mass is 16.5. The Bertz CT molecular complexity index is 987. The molecule has 0 unspecified atom stereocenters. The molecule has 3 heterocycles. The van der Waals surface area contributed by atoms with Crippen molar-refractivity contribution in [2.24, 2.45) is 5.92 Å². The van der Waals surface area contributed by atoms with E-state index in [2.05, 4.69) is 16.8 Å². The number of carbonyl (C=O) groups excluding carboxylic acids is 2. The fourth-order valence-corrected chi connectivity index (χ4v) is 5.19. The highest BCUT2D eigenvalue weighted by molar-refractivity contribution is 5.95. The molecule has 2 amide bonds. The van der Waals surface area contributed by atoms with Gasteiger partial charge in [-0.25, -0.2) is 4.98 Å². The number of rotatable bonds is 10. The van der Waals surface area contributed by atoms with Gasteiger partial charge in [0.25, 0.3) is 5.91 Å². The number of morpholine rings is 1. The fourth-order valence-electron chi connectivity index (χ4n) is 5.19. The summed E-state index contributed by atoms with van der Waals surface area (Å²) in [6.45, 7) is 7.95. The Balaban J connectivity index is 1.54. The third-order valence-corrected chi connectivity index (χ3v) is 6.99. The number of piperidine rings is 1. The van der Waals surface area contributed by atoms with E-state index in [1.807, 2.05) is 34.1 Å². The van der Waals surface area contributed by atoms with Crippen molar-refractivity contribution >= 4 is 22.8 Å². The quantitative estimate of drug-likeness (QED) is 0.519. The molecule has 2 atom stereocenters. The summed E-state index contributed by atoms with van der Waals surface area (Å²) in [5.74, 6) is 0.464. The highest BCUT2D eigenvalue weighted by Gasteiger charge is 2.36. The molecule has 2 aliphatic rings. The number of aromatic nitrogens is 2. The third kappa shape index (κ3) is 6.02. The Morgan fingerprint density at radius 3 is 2.77 bits per heavy atom. The molecule has 0 spiro atoms. The first-order chi connectivity index (χ1) is 17.1. The lowest BCUT2D eigenvalue weighted by molar-refractivity contribution is -0.140. The molecule has 1 N–H and O–H groups in total. The zero-order chi connectivity index (χ0) is 24.6. The number of imidazole rings is 1. The van der Waals surface area contributed by atoms with Crippen LogP contribution in [0.5, 0.6) is 0 Å². The van der Waals surface area contributed by atoms with Crippen LogP contribution in [0.4, 0.5) is 0 Å². The smallest absolute Gasteiger partial charge is 0.290 e. The molecule has 2 saturated heterocycles. The standard InChI is InChI=1S/C26H39N5O4/c1-3-10-30(21-17-20(18-27-19-21)25(32)29-12-15-35-16-13-29)26(33)24-28-22-8-4-5-9-23(22)31(24)11-6-7-14-34-2/h4-5,8-9,20-21,27H,3,6-7,10-19H2,1-2H3/t20-,21+/m1/s1. The van der Waals surface area contributed by atoms with Crippen LogP contribution < -0.4 is 5.32 Å². The molecule has 1 aromatic heterocycles. The molecule has 2 aliphatic heterocycles. The molecule has 2 aromatic rings. The predicted octanol–water partition coefficient (Wildman–Crippen LogP) is 2.15. The van der Waals surface area contributed by atoms with Crippen LogP contribution in [-0.4, -0.2) is 96.9 Å². The fraction of sp³-hybridized carbons (Fsp3) is 0.654. The van der Waals surface area contributed by atoms with E-state index in [0.29, 0.717) is 71.3 Å². The lowest BCUT2D eigenvalue weighted by Crippen LogP contribution is -2.55. The van der Waals surface area contributed by atoms with Gasteiger partial charge in [0, 0.05) is 59.0 Å². The van der Waals surface area contributed by atoms with Crippen molar-refractivity contribution in [3.8, 4) is 0 Å². The van der Waals surface area contributed by atoms with E-state index in [-0.39, 0.29) is 23.8 Å². The van der Waals surface area contributed by atoms with E-state index in [1.165, 1.54) is 0 Å². The first-order valence-electron chi connectivity index (χ1n) is 13.0. The summed E-state index contributed by atoms with van der Waals surface area (Å²) < 4.78 is 12.7. The normalized spacial score (nSPS) is 20.8. The number of hydrogen-bond donors (Lipinski definition) is 1. The van der Waals surface area contributed by atoms with Crippen LogP contribution in [0.3, 0.4) is 0 Å². The Morgan fingerprint density at radius 2 is 2.00 bits per heavy atom. The summed E-state index contributed by atoms with van der Waals surface area (Å²) in [6, 6.07) is 7.88. The number of amides is 2. The van der Waals surface area contributed by atoms with E-state index in [0.717, 1.165) is 30.3 Å². The van der Waals surface area contributed by atoms with Gasteiger partial charge < -0.3 is 29.2 Å². The van der Waals surface area contributed by atoms with Gasteiger partial charge in [0.1, 0.15) is 0 Å². The van der Waals surface area contributed by atoms with Gasteiger partial charge in [-0.3, -0.25) is 9.59 Å². The largest absolute Gasteiger partial charge is 0.385 e. The number of unbranched alkanes of at least 4 members (excludes halogenated alkanes) is 1. The van der Waals surface area contributed by atoms with Crippen molar-refractivity contribution < 1.29 is 19.1 Å². The molecule has 0 radical (unpaired) electrons. The number of nitrogens with zero attached hydrogens (tertiary/aromatic N) is 4. The molecule has 0 saturated carbocycles. The number of para-hydroxylation sites is 2. The van der Waals surface area contributed by atoms with Gasteiger partial charge in [-0.2, -0.15) is 0 Å². The minimum absolute atomic E-state index is 0.0482. The van der Waals surface area contributed by atoms with Gasteiger partial charge in [0.05, 0.1) is 30.2 Å². The van der Waals surface area contributed by atoms with Crippen molar-refractivity contribution in [2.45, 2.75) is 45.2 Å². The monoisotopic (exact) mass is 485 g/mol. The molecule has 1 aromatic carbocycles. The van der Waals surface area contributed by atoms with Gasteiger partial charge in [0.2, 0.25) is 5.91 Å². The van der Waals surface area contributed by atoms with Crippen LogP contribution in [-0.2, 0) is 20.8 Å². The van der Waals surface area contributed by atoms with Crippen LogP contribution in [0.15, 0.2) is 24.3 Å². The number of benzene rings is 1. The molecule has 35 heavy (non-hydrogen) atoms. The van der Waals surface area contributed by atoms with Crippen molar-refractivity contribution in [3.05, 3.63) is 30.1 Å². The molecule has 4 rings (SSSR count). The average Bonchev–Trinajstić information content (AvgIpc) is 3.28. The summed E-state index contributed by atoms with van der Waals surface area (Å²) >= 11 is 0. The predicted molar refractivity (Wildman–Crippen MR) is 134 cm³/mol. The zero-order valence-electron chi connectivity index (χ0n) is 21.1. The van der Waals surface area contributed by atoms with Crippen LogP contribution in [0, 0.1) is 5.92 Å². The topological polar surface area (TPSA) is 88.9 Å². The van der Waals surface area contributed by atoms with Gasteiger partial charge in [-0.05, 0) is 37.8 Å². The second kappa shape index (κ2) is 12.5.